The molecular formula is C15H18N4O2S2. The summed E-state index contributed by atoms with van der Waals surface area (Å²) in [6, 6.07) is 1.87. The molecule has 0 saturated carbocycles. The Morgan fingerprint density at radius 1 is 1.30 bits per heavy atom. The maximum absolute atomic E-state index is 12.1. The van der Waals surface area contributed by atoms with Crippen molar-refractivity contribution in [3.63, 3.8) is 0 Å². The van der Waals surface area contributed by atoms with Crippen molar-refractivity contribution in [2.75, 3.05) is 11.1 Å². The van der Waals surface area contributed by atoms with Crippen molar-refractivity contribution in [1.82, 2.24) is 9.97 Å². The van der Waals surface area contributed by atoms with E-state index < -0.39 is 5.91 Å². The molecule has 0 aliphatic rings. The number of aryl methyl sites for hydroxylation is 2. The first-order valence-electron chi connectivity index (χ1n) is 6.99. The van der Waals surface area contributed by atoms with Gasteiger partial charge in [-0.25, -0.2) is 9.97 Å². The third-order valence-corrected chi connectivity index (χ3v) is 5.29. The van der Waals surface area contributed by atoms with Gasteiger partial charge < -0.3 is 11.1 Å². The lowest BCUT2D eigenvalue weighted by Crippen LogP contribution is -2.17. The zero-order valence-electron chi connectivity index (χ0n) is 13.2. The second-order valence-electron chi connectivity index (χ2n) is 5.00. The van der Waals surface area contributed by atoms with Crippen LogP contribution in [-0.2, 0) is 4.79 Å². The van der Waals surface area contributed by atoms with Gasteiger partial charge in [0.25, 0.3) is 5.91 Å². The highest BCUT2D eigenvalue weighted by Crippen LogP contribution is 2.32. The van der Waals surface area contributed by atoms with Gasteiger partial charge in [-0.1, -0.05) is 0 Å². The Labute approximate surface area is 142 Å². The molecule has 0 aromatic carbocycles. The van der Waals surface area contributed by atoms with Crippen LogP contribution in [0.5, 0.6) is 0 Å². The first-order valence-corrected chi connectivity index (χ1v) is 8.79. The Morgan fingerprint density at radius 2 is 2.04 bits per heavy atom. The normalized spacial score (nSPS) is 10.6. The summed E-state index contributed by atoms with van der Waals surface area (Å²) in [7, 11) is 0. The van der Waals surface area contributed by atoms with Crippen molar-refractivity contribution in [2.45, 2.75) is 32.2 Å². The number of amides is 2. The maximum atomic E-state index is 12.1. The molecule has 0 atom stereocenters. The first kappa shape index (κ1) is 17.4. The van der Waals surface area contributed by atoms with Gasteiger partial charge in [0.1, 0.15) is 11.3 Å². The molecule has 0 bridgehead atoms. The van der Waals surface area contributed by atoms with Crippen molar-refractivity contribution < 1.29 is 9.59 Å². The van der Waals surface area contributed by atoms with Crippen LogP contribution in [0.1, 0.15) is 32.9 Å². The standard InChI is InChI=1S/C15H18N4O2S2/c1-8-6-12(18-7-17-8)22-5-4-11(20)19-15-13(14(16)21)9(2)10(3)23-15/h6-7H,4-5H2,1-3H3,(H2,16,21)(H,19,20). The van der Waals surface area contributed by atoms with Gasteiger partial charge >= 0.3 is 0 Å². The molecule has 0 unspecified atom stereocenters. The number of thioether (sulfide) groups is 1. The lowest BCUT2D eigenvalue weighted by atomic mass is 10.1. The monoisotopic (exact) mass is 350 g/mol. The molecule has 2 aromatic rings. The van der Waals surface area contributed by atoms with E-state index in [0.717, 1.165) is 21.2 Å². The van der Waals surface area contributed by atoms with E-state index in [9.17, 15) is 9.59 Å². The Kier molecular flexibility index (Phi) is 5.73. The van der Waals surface area contributed by atoms with Gasteiger partial charge in [-0.05, 0) is 32.4 Å². The minimum absolute atomic E-state index is 0.146. The van der Waals surface area contributed by atoms with Gasteiger partial charge in [0.05, 0.1) is 10.6 Å². The zero-order valence-corrected chi connectivity index (χ0v) is 14.8. The largest absolute Gasteiger partial charge is 0.365 e. The molecule has 2 heterocycles. The van der Waals surface area contributed by atoms with Crippen LogP contribution in [0, 0.1) is 20.8 Å². The SMILES string of the molecule is Cc1cc(SCCC(=O)Nc2sc(C)c(C)c2C(N)=O)ncn1. The second kappa shape index (κ2) is 7.56. The van der Waals surface area contributed by atoms with Crippen molar-refractivity contribution in [2.24, 2.45) is 5.73 Å². The van der Waals surface area contributed by atoms with Gasteiger partial charge in [0.15, 0.2) is 0 Å². The van der Waals surface area contributed by atoms with Gasteiger partial charge in [-0.3, -0.25) is 9.59 Å². The fourth-order valence-electron chi connectivity index (χ4n) is 1.96. The van der Waals surface area contributed by atoms with E-state index in [0.29, 0.717) is 22.7 Å². The first-order chi connectivity index (χ1) is 10.9. The quantitative estimate of drug-likeness (QED) is 0.616. The Morgan fingerprint density at radius 3 is 2.70 bits per heavy atom. The van der Waals surface area contributed by atoms with E-state index in [-0.39, 0.29) is 5.91 Å². The van der Waals surface area contributed by atoms with Crippen LogP contribution in [0.15, 0.2) is 17.4 Å². The fraction of sp³-hybridized carbons (Fsp3) is 0.333. The summed E-state index contributed by atoms with van der Waals surface area (Å²) in [6.45, 7) is 5.62. The smallest absolute Gasteiger partial charge is 0.251 e. The lowest BCUT2D eigenvalue weighted by molar-refractivity contribution is -0.115. The molecular weight excluding hydrogens is 332 g/mol. The number of thiophene rings is 1. The van der Waals surface area contributed by atoms with Crippen molar-refractivity contribution >= 4 is 39.9 Å². The number of hydrogen-bond donors (Lipinski definition) is 2. The van der Waals surface area contributed by atoms with Crippen LogP contribution >= 0.6 is 23.1 Å². The topological polar surface area (TPSA) is 98.0 Å². The van der Waals surface area contributed by atoms with E-state index >= 15 is 0 Å². The number of nitrogens with zero attached hydrogens (tertiary/aromatic N) is 2. The molecule has 0 aliphatic heterocycles. The van der Waals surface area contributed by atoms with Crippen LogP contribution < -0.4 is 11.1 Å². The number of nitrogens with two attached hydrogens (primary N) is 1. The summed E-state index contributed by atoms with van der Waals surface area (Å²) in [4.78, 5) is 32.7. The van der Waals surface area contributed by atoms with E-state index in [2.05, 4.69) is 15.3 Å². The van der Waals surface area contributed by atoms with Crippen LogP contribution in [0.25, 0.3) is 0 Å². The third kappa shape index (κ3) is 4.52. The molecule has 0 fully saturated rings. The molecule has 23 heavy (non-hydrogen) atoms. The van der Waals surface area contributed by atoms with Gasteiger partial charge in [0, 0.05) is 22.7 Å². The number of rotatable bonds is 6. The summed E-state index contributed by atoms with van der Waals surface area (Å²) >= 11 is 2.86. The molecule has 0 radical (unpaired) electrons. The van der Waals surface area contributed by atoms with Crippen LogP contribution in [0.4, 0.5) is 5.00 Å². The van der Waals surface area contributed by atoms with Crippen LogP contribution in [-0.4, -0.2) is 27.5 Å². The highest BCUT2D eigenvalue weighted by Gasteiger charge is 2.18. The Hall–Kier alpha value is -1.93. The van der Waals surface area contributed by atoms with E-state index in [4.69, 9.17) is 5.73 Å². The number of primary amides is 1. The number of aromatic nitrogens is 2. The number of nitrogens with one attached hydrogen (secondary N) is 1. The number of hydrogen-bond acceptors (Lipinski definition) is 6. The molecule has 2 rings (SSSR count). The summed E-state index contributed by atoms with van der Waals surface area (Å²) in [5, 5.41) is 4.15. The second-order valence-corrected chi connectivity index (χ2v) is 7.34. The average Bonchev–Trinajstić information content (AvgIpc) is 2.73. The van der Waals surface area contributed by atoms with Gasteiger partial charge in [-0.2, -0.15) is 0 Å². The van der Waals surface area contributed by atoms with Crippen molar-refractivity contribution in [1.29, 1.82) is 0 Å². The van der Waals surface area contributed by atoms with Gasteiger partial charge in [-0.15, -0.1) is 23.1 Å². The summed E-state index contributed by atoms with van der Waals surface area (Å²) in [5.41, 5.74) is 7.51. The highest BCUT2D eigenvalue weighted by molar-refractivity contribution is 7.99. The predicted molar refractivity (Wildman–Crippen MR) is 93.1 cm³/mol. The predicted octanol–water partition coefficient (Wildman–Crippen LogP) is 2.68. The summed E-state index contributed by atoms with van der Waals surface area (Å²) in [6.07, 6.45) is 1.83. The van der Waals surface area contributed by atoms with Crippen LogP contribution in [0.2, 0.25) is 0 Å². The lowest BCUT2D eigenvalue weighted by Gasteiger charge is -2.05. The Balaban J connectivity index is 1.93. The van der Waals surface area contributed by atoms with Gasteiger partial charge in [0.2, 0.25) is 5.91 Å². The molecule has 2 amide bonds. The molecule has 3 N–H and O–H groups in total. The van der Waals surface area contributed by atoms with E-state index in [1.807, 2.05) is 26.8 Å². The fourth-order valence-corrected chi connectivity index (χ4v) is 3.91. The number of anilines is 1. The van der Waals surface area contributed by atoms with E-state index in [1.54, 1.807) is 0 Å². The third-order valence-electron chi connectivity index (χ3n) is 3.24. The Bertz CT molecular complexity index is 743. The minimum atomic E-state index is -0.520. The molecule has 0 aliphatic carbocycles. The average molecular weight is 350 g/mol. The van der Waals surface area contributed by atoms with Crippen LogP contribution in [0.3, 0.4) is 0 Å². The van der Waals surface area contributed by atoms with Crippen molar-refractivity contribution in [3.05, 3.63) is 34.1 Å². The highest BCUT2D eigenvalue weighted by atomic mass is 32.2. The maximum Gasteiger partial charge on any atom is 0.251 e. The number of carbonyl (C=O) groups excluding carboxylic acids is 2. The minimum Gasteiger partial charge on any atom is -0.365 e. The van der Waals surface area contributed by atoms with Crippen molar-refractivity contribution in [3.8, 4) is 0 Å². The molecule has 6 nitrogen and oxygen atoms in total. The number of carbonyl (C=O) groups is 2. The molecule has 8 heteroatoms. The van der Waals surface area contributed by atoms with E-state index in [1.165, 1.54) is 29.4 Å². The molecule has 0 spiro atoms. The summed E-state index contributed by atoms with van der Waals surface area (Å²) < 4.78 is 0. The molecule has 122 valence electrons. The molecule has 2 aromatic heterocycles. The zero-order chi connectivity index (χ0) is 17.0. The summed E-state index contributed by atoms with van der Waals surface area (Å²) in [5.74, 6) is -0.0719. The molecule has 0 saturated heterocycles.